The summed E-state index contributed by atoms with van der Waals surface area (Å²) < 4.78 is 2.32. The summed E-state index contributed by atoms with van der Waals surface area (Å²) in [7, 11) is 2.16. The highest BCUT2D eigenvalue weighted by Gasteiger charge is 2.22. The molecule has 5 rings (SSSR count). The Hall–Kier alpha value is -3.26. The van der Waals surface area contributed by atoms with Crippen molar-refractivity contribution >= 4 is 21.8 Å². The highest BCUT2D eigenvalue weighted by atomic mass is 15.0. The second-order valence-electron chi connectivity index (χ2n) is 6.84. The van der Waals surface area contributed by atoms with E-state index in [0.717, 1.165) is 0 Å². The lowest BCUT2D eigenvalue weighted by molar-refractivity contribution is 0.802. The highest BCUT2D eigenvalue weighted by Crippen LogP contribution is 2.35. The Kier molecular flexibility index (Phi) is 3.42. The molecule has 0 saturated carbocycles. The van der Waals surface area contributed by atoms with E-state index in [1.807, 2.05) is 0 Å². The first-order valence-corrected chi connectivity index (χ1v) is 8.98. The third kappa shape index (κ3) is 2.34. The van der Waals surface area contributed by atoms with Crippen LogP contribution in [0.3, 0.4) is 0 Å². The van der Waals surface area contributed by atoms with Gasteiger partial charge < -0.3 is 9.55 Å². The van der Waals surface area contributed by atoms with Crippen molar-refractivity contribution in [3.8, 4) is 0 Å². The normalized spacial score (nSPS) is 12.7. The second kappa shape index (κ2) is 5.92. The minimum absolute atomic E-state index is 0.168. The number of hydrogen-bond donors (Lipinski definition) is 1. The van der Waals surface area contributed by atoms with Gasteiger partial charge in [0.25, 0.3) is 0 Å². The van der Waals surface area contributed by atoms with Crippen LogP contribution in [0.25, 0.3) is 21.8 Å². The van der Waals surface area contributed by atoms with Crippen LogP contribution >= 0.6 is 0 Å². The van der Waals surface area contributed by atoms with Crippen LogP contribution in [-0.2, 0) is 7.05 Å². The van der Waals surface area contributed by atoms with E-state index in [1.165, 1.54) is 38.8 Å². The van der Waals surface area contributed by atoms with Gasteiger partial charge in [-0.05, 0) is 40.6 Å². The maximum absolute atomic E-state index is 3.65. The predicted molar refractivity (Wildman–Crippen MR) is 109 cm³/mol. The summed E-state index contributed by atoms with van der Waals surface area (Å²) in [6.07, 6.45) is 0. The lowest BCUT2D eigenvalue weighted by atomic mass is 9.92. The van der Waals surface area contributed by atoms with Crippen LogP contribution in [0.5, 0.6) is 0 Å². The van der Waals surface area contributed by atoms with Crippen molar-refractivity contribution in [2.24, 2.45) is 7.05 Å². The molecule has 0 aliphatic heterocycles. The van der Waals surface area contributed by atoms with Gasteiger partial charge >= 0.3 is 0 Å². The second-order valence-corrected chi connectivity index (χ2v) is 6.84. The van der Waals surface area contributed by atoms with Crippen LogP contribution in [0.4, 0.5) is 0 Å². The van der Waals surface area contributed by atoms with Gasteiger partial charge in [0.2, 0.25) is 0 Å². The van der Waals surface area contributed by atoms with E-state index in [1.54, 1.807) is 0 Å². The van der Waals surface area contributed by atoms with E-state index >= 15 is 0 Å². The lowest BCUT2D eigenvalue weighted by Crippen LogP contribution is -2.08. The van der Waals surface area contributed by atoms with Crippen molar-refractivity contribution in [1.82, 2.24) is 9.55 Å². The third-order valence-electron chi connectivity index (χ3n) is 5.28. The number of nitrogens with one attached hydrogen (secondary N) is 1. The van der Waals surface area contributed by atoms with Crippen LogP contribution in [0.2, 0.25) is 0 Å². The van der Waals surface area contributed by atoms with Crippen LogP contribution in [0, 0.1) is 0 Å². The molecule has 2 heterocycles. The fourth-order valence-electron chi connectivity index (χ4n) is 3.99. The van der Waals surface area contributed by atoms with Crippen LogP contribution in [-0.4, -0.2) is 9.55 Å². The van der Waals surface area contributed by atoms with Crippen molar-refractivity contribution < 1.29 is 0 Å². The van der Waals surface area contributed by atoms with E-state index in [4.69, 9.17) is 0 Å². The molecule has 1 N–H and O–H groups in total. The van der Waals surface area contributed by atoms with Crippen molar-refractivity contribution in [3.63, 3.8) is 0 Å². The Morgan fingerprint density at radius 3 is 2.19 bits per heavy atom. The van der Waals surface area contributed by atoms with Crippen molar-refractivity contribution in [1.29, 1.82) is 0 Å². The summed E-state index contributed by atoms with van der Waals surface area (Å²) in [5.74, 6) is 0.168. The van der Waals surface area contributed by atoms with Gasteiger partial charge in [-0.2, -0.15) is 0 Å². The number of rotatable bonds is 3. The summed E-state index contributed by atoms with van der Waals surface area (Å²) >= 11 is 0. The van der Waals surface area contributed by atoms with Crippen LogP contribution in [0.1, 0.15) is 22.9 Å². The van der Waals surface area contributed by atoms with Crippen LogP contribution < -0.4 is 0 Å². The fourth-order valence-corrected chi connectivity index (χ4v) is 3.99. The smallest absolute Gasteiger partial charge is 0.0644 e. The quantitative estimate of drug-likeness (QED) is 0.427. The first kappa shape index (κ1) is 15.0. The summed E-state index contributed by atoms with van der Waals surface area (Å²) in [4.78, 5) is 3.65. The predicted octanol–water partition coefficient (Wildman–Crippen LogP) is 5.84. The summed E-state index contributed by atoms with van der Waals surface area (Å²) in [5, 5.41) is 2.53. The molecule has 0 aliphatic carbocycles. The monoisotopic (exact) mass is 336 g/mol. The number of aromatic amines is 1. The molecule has 126 valence electrons. The molecule has 5 aromatic rings. The molecule has 1 unspecified atom stereocenters. The SMILES string of the molecule is Cn1c(C(c2ccccc2)c2cc3ccccc3[nH]2)cc2ccccc21. The van der Waals surface area contributed by atoms with Gasteiger partial charge in [-0.15, -0.1) is 0 Å². The zero-order chi connectivity index (χ0) is 17.5. The van der Waals surface area contributed by atoms with Crippen molar-refractivity contribution in [3.05, 3.63) is 108 Å². The Balaban J connectivity index is 1.77. The fraction of sp³-hybridized carbons (Fsp3) is 0.0833. The van der Waals surface area contributed by atoms with Gasteiger partial charge in [0.05, 0.1) is 5.92 Å². The van der Waals surface area contributed by atoms with Gasteiger partial charge in [0, 0.05) is 29.5 Å². The van der Waals surface area contributed by atoms with Gasteiger partial charge in [0.15, 0.2) is 0 Å². The number of fused-ring (bicyclic) bond motifs is 2. The first-order chi connectivity index (χ1) is 12.8. The molecule has 2 nitrogen and oxygen atoms in total. The molecule has 1 atom stereocenters. The minimum Gasteiger partial charge on any atom is -0.358 e. The number of H-pyrrole nitrogens is 1. The number of hydrogen-bond acceptors (Lipinski definition) is 0. The van der Waals surface area contributed by atoms with Crippen LogP contribution in [0.15, 0.2) is 91.0 Å². The highest BCUT2D eigenvalue weighted by molar-refractivity contribution is 5.83. The van der Waals surface area contributed by atoms with Gasteiger partial charge in [-0.3, -0.25) is 0 Å². The largest absolute Gasteiger partial charge is 0.358 e. The molecule has 0 spiro atoms. The Morgan fingerprint density at radius 2 is 1.42 bits per heavy atom. The summed E-state index contributed by atoms with van der Waals surface area (Å²) in [6.45, 7) is 0. The minimum atomic E-state index is 0.168. The Labute approximate surface area is 152 Å². The number of benzene rings is 3. The van der Waals surface area contributed by atoms with E-state index in [0.29, 0.717) is 0 Å². The molecule has 0 aliphatic rings. The molecule has 26 heavy (non-hydrogen) atoms. The van der Waals surface area contributed by atoms with Gasteiger partial charge in [-0.1, -0.05) is 66.7 Å². The molecular weight excluding hydrogens is 316 g/mol. The molecule has 0 bridgehead atoms. The topological polar surface area (TPSA) is 20.7 Å². The van der Waals surface area contributed by atoms with Gasteiger partial charge in [0.1, 0.15) is 0 Å². The zero-order valence-electron chi connectivity index (χ0n) is 14.7. The molecular formula is C24H20N2. The molecule has 0 fully saturated rings. The third-order valence-corrected chi connectivity index (χ3v) is 5.28. The number of para-hydroxylation sites is 2. The number of aromatic nitrogens is 2. The van der Waals surface area contributed by atoms with E-state index in [9.17, 15) is 0 Å². The van der Waals surface area contributed by atoms with Crippen molar-refractivity contribution in [2.75, 3.05) is 0 Å². The maximum atomic E-state index is 3.65. The van der Waals surface area contributed by atoms with E-state index in [2.05, 4.69) is 108 Å². The standard InChI is InChI=1S/C24H20N2/c1-26-22-14-8-6-12-19(22)16-23(26)24(17-9-3-2-4-10-17)21-15-18-11-5-7-13-20(18)25-21/h2-16,24-25H,1H3. The lowest BCUT2D eigenvalue weighted by Gasteiger charge is -2.18. The summed E-state index contributed by atoms with van der Waals surface area (Å²) in [6, 6.07) is 32.4. The van der Waals surface area contributed by atoms with Gasteiger partial charge in [-0.25, -0.2) is 0 Å². The number of aryl methyl sites for hydroxylation is 1. The molecule has 2 heteroatoms. The zero-order valence-corrected chi connectivity index (χ0v) is 14.7. The summed E-state index contributed by atoms with van der Waals surface area (Å²) in [5.41, 5.74) is 6.26. The average molecular weight is 336 g/mol. The molecule has 2 aromatic heterocycles. The molecule has 0 radical (unpaired) electrons. The first-order valence-electron chi connectivity index (χ1n) is 8.98. The Bertz CT molecular complexity index is 1160. The molecule has 0 saturated heterocycles. The van der Waals surface area contributed by atoms with E-state index < -0.39 is 0 Å². The maximum Gasteiger partial charge on any atom is 0.0644 e. The molecule has 0 amide bonds. The average Bonchev–Trinajstić information content (AvgIpc) is 3.25. The Morgan fingerprint density at radius 1 is 0.731 bits per heavy atom. The van der Waals surface area contributed by atoms with E-state index in [-0.39, 0.29) is 5.92 Å². The molecule has 3 aromatic carbocycles. The number of nitrogens with zero attached hydrogens (tertiary/aromatic N) is 1. The van der Waals surface area contributed by atoms with Crippen molar-refractivity contribution in [2.45, 2.75) is 5.92 Å².